The van der Waals surface area contributed by atoms with Gasteiger partial charge in [-0.3, -0.25) is 5.43 Å². The molecule has 5 nitrogen and oxygen atoms in total. The highest BCUT2D eigenvalue weighted by atomic mass is 35.5. The molecule has 0 atom stereocenters. The van der Waals surface area contributed by atoms with Crippen LogP contribution in [-0.2, 0) is 6.61 Å². The van der Waals surface area contributed by atoms with Crippen molar-refractivity contribution in [2.24, 2.45) is 5.10 Å². The molecule has 0 aliphatic rings. The highest BCUT2D eigenvalue weighted by Crippen LogP contribution is 2.16. The van der Waals surface area contributed by atoms with Gasteiger partial charge in [-0.1, -0.05) is 23.7 Å². The number of thiocarbonyl (C=S) groups is 1. The average Bonchev–Trinajstić information content (AvgIpc) is 2.75. The SMILES string of the molecule is COc1ccc(NC(=S)N/N=C\c2ccc(OCc3ccc(Cl)cc3)cc2)cc1. The molecule has 0 spiro atoms. The molecule has 0 bridgehead atoms. The van der Waals surface area contributed by atoms with Crippen molar-refractivity contribution in [2.45, 2.75) is 6.61 Å². The lowest BCUT2D eigenvalue weighted by atomic mass is 10.2. The maximum absolute atomic E-state index is 5.88. The van der Waals surface area contributed by atoms with E-state index in [2.05, 4.69) is 15.8 Å². The predicted octanol–water partition coefficient (Wildman–Crippen LogP) is 5.25. The van der Waals surface area contributed by atoms with Crippen LogP contribution in [0.5, 0.6) is 11.5 Å². The Morgan fingerprint density at radius 3 is 2.28 bits per heavy atom. The topological polar surface area (TPSA) is 54.9 Å². The fraction of sp³-hybridized carbons (Fsp3) is 0.0909. The number of methoxy groups -OCH3 is 1. The molecule has 29 heavy (non-hydrogen) atoms. The highest BCUT2D eigenvalue weighted by Gasteiger charge is 1.99. The third-order valence-corrected chi connectivity index (χ3v) is 4.37. The summed E-state index contributed by atoms with van der Waals surface area (Å²) in [6.07, 6.45) is 1.69. The van der Waals surface area contributed by atoms with E-state index in [4.69, 9.17) is 33.3 Å². The van der Waals surface area contributed by atoms with Gasteiger partial charge >= 0.3 is 0 Å². The Balaban J connectivity index is 1.45. The van der Waals surface area contributed by atoms with Crippen LogP contribution in [0.25, 0.3) is 0 Å². The van der Waals surface area contributed by atoms with Gasteiger partial charge in [-0.05, 0) is 84.0 Å². The van der Waals surface area contributed by atoms with Crippen LogP contribution < -0.4 is 20.2 Å². The Labute approximate surface area is 180 Å². The second-order valence-electron chi connectivity index (χ2n) is 6.04. The summed E-state index contributed by atoms with van der Waals surface area (Å²) in [5.74, 6) is 1.56. The van der Waals surface area contributed by atoms with Gasteiger partial charge in [0.05, 0.1) is 13.3 Å². The third-order valence-electron chi connectivity index (χ3n) is 3.93. The smallest absolute Gasteiger partial charge is 0.191 e. The van der Waals surface area contributed by atoms with Crippen molar-refractivity contribution >= 4 is 40.8 Å². The maximum atomic E-state index is 5.88. The van der Waals surface area contributed by atoms with E-state index in [1.807, 2.05) is 72.8 Å². The molecule has 0 unspecified atom stereocenters. The first kappa shape index (κ1) is 20.6. The van der Waals surface area contributed by atoms with E-state index < -0.39 is 0 Å². The molecular formula is C22H20ClN3O2S. The van der Waals surface area contributed by atoms with Gasteiger partial charge in [0.2, 0.25) is 0 Å². The van der Waals surface area contributed by atoms with E-state index in [1.54, 1.807) is 13.3 Å². The van der Waals surface area contributed by atoms with Crippen molar-refractivity contribution in [3.8, 4) is 11.5 Å². The molecule has 2 N–H and O–H groups in total. The van der Waals surface area contributed by atoms with E-state index in [9.17, 15) is 0 Å². The molecule has 0 radical (unpaired) electrons. The fourth-order valence-corrected chi connectivity index (χ4v) is 2.69. The molecule has 0 aliphatic heterocycles. The number of anilines is 1. The largest absolute Gasteiger partial charge is 0.497 e. The Morgan fingerprint density at radius 2 is 1.62 bits per heavy atom. The molecule has 3 aromatic carbocycles. The standard InChI is InChI=1S/C22H20ClN3O2S/c1-27-20-12-8-19(9-13-20)25-22(29)26-24-14-16-4-10-21(11-5-16)28-15-17-2-6-18(23)7-3-17/h2-14H,15H2,1H3,(H2,25,26,29)/b24-14-. The van der Waals surface area contributed by atoms with Crippen LogP contribution in [0.4, 0.5) is 5.69 Å². The van der Waals surface area contributed by atoms with E-state index in [0.717, 1.165) is 28.3 Å². The first-order valence-corrected chi connectivity index (χ1v) is 9.62. The van der Waals surface area contributed by atoms with E-state index in [-0.39, 0.29) is 0 Å². The number of ether oxygens (including phenoxy) is 2. The number of benzene rings is 3. The molecule has 7 heteroatoms. The van der Waals surface area contributed by atoms with Crippen molar-refractivity contribution in [2.75, 3.05) is 12.4 Å². The van der Waals surface area contributed by atoms with E-state index in [1.165, 1.54) is 0 Å². The van der Waals surface area contributed by atoms with Gasteiger partial charge in [-0.2, -0.15) is 5.10 Å². The van der Waals surface area contributed by atoms with Crippen LogP contribution >= 0.6 is 23.8 Å². The van der Waals surface area contributed by atoms with Crippen molar-refractivity contribution in [1.29, 1.82) is 0 Å². The molecular weight excluding hydrogens is 406 g/mol. The zero-order chi connectivity index (χ0) is 20.5. The number of halogens is 1. The van der Waals surface area contributed by atoms with Crippen LogP contribution in [0.3, 0.4) is 0 Å². The Hall–Kier alpha value is -3.09. The molecule has 0 saturated carbocycles. The first-order valence-electron chi connectivity index (χ1n) is 8.84. The number of nitrogens with one attached hydrogen (secondary N) is 2. The lowest BCUT2D eigenvalue weighted by molar-refractivity contribution is 0.306. The summed E-state index contributed by atoms with van der Waals surface area (Å²) in [6.45, 7) is 0.484. The van der Waals surface area contributed by atoms with Crippen LogP contribution in [-0.4, -0.2) is 18.4 Å². The summed E-state index contributed by atoms with van der Waals surface area (Å²) in [5.41, 5.74) is 5.62. The molecule has 3 aromatic rings. The van der Waals surface area contributed by atoms with Gasteiger partial charge < -0.3 is 14.8 Å². The van der Waals surface area contributed by atoms with Gasteiger partial charge in [0, 0.05) is 10.7 Å². The molecule has 0 aliphatic carbocycles. The van der Waals surface area contributed by atoms with E-state index in [0.29, 0.717) is 16.7 Å². The van der Waals surface area contributed by atoms with Crippen LogP contribution in [0.1, 0.15) is 11.1 Å². The second kappa shape index (κ2) is 10.5. The third kappa shape index (κ3) is 6.78. The number of hydrogen-bond donors (Lipinski definition) is 2. The lowest BCUT2D eigenvalue weighted by Gasteiger charge is -2.08. The fourth-order valence-electron chi connectivity index (χ4n) is 2.40. The molecule has 0 aromatic heterocycles. The normalized spacial score (nSPS) is 10.6. The minimum atomic E-state index is 0.398. The monoisotopic (exact) mass is 425 g/mol. The Morgan fingerprint density at radius 1 is 0.966 bits per heavy atom. The first-order chi connectivity index (χ1) is 14.1. The van der Waals surface area contributed by atoms with Crippen molar-refractivity contribution in [3.63, 3.8) is 0 Å². The number of hydrogen-bond acceptors (Lipinski definition) is 4. The maximum Gasteiger partial charge on any atom is 0.191 e. The molecule has 0 amide bonds. The van der Waals surface area contributed by atoms with Gasteiger partial charge in [0.25, 0.3) is 0 Å². The Kier molecular flexibility index (Phi) is 7.44. The molecule has 148 valence electrons. The molecule has 0 fully saturated rings. The van der Waals surface area contributed by atoms with Crippen LogP contribution in [0, 0.1) is 0 Å². The van der Waals surface area contributed by atoms with Crippen molar-refractivity contribution < 1.29 is 9.47 Å². The minimum absolute atomic E-state index is 0.398. The Bertz CT molecular complexity index is 959. The van der Waals surface area contributed by atoms with Crippen LogP contribution in [0.15, 0.2) is 77.9 Å². The summed E-state index contributed by atoms with van der Waals surface area (Å²) in [4.78, 5) is 0. The van der Waals surface area contributed by atoms with Gasteiger partial charge in [0.1, 0.15) is 18.1 Å². The van der Waals surface area contributed by atoms with E-state index >= 15 is 0 Å². The number of rotatable bonds is 7. The molecule has 3 rings (SSSR count). The average molecular weight is 426 g/mol. The highest BCUT2D eigenvalue weighted by molar-refractivity contribution is 7.80. The summed E-state index contributed by atoms with van der Waals surface area (Å²) in [6, 6.07) is 22.7. The minimum Gasteiger partial charge on any atom is -0.497 e. The summed E-state index contributed by atoms with van der Waals surface area (Å²) < 4.78 is 10.9. The predicted molar refractivity (Wildman–Crippen MR) is 122 cm³/mol. The van der Waals surface area contributed by atoms with Gasteiger partial charge in [-0.15, -0.1) is 0 Å². The van der Waals surface area contributed by atoms with Gasteiger partial charge in [0.15, 0.2) is 5.11 Å². The quantitative estimate of drug-likeness (QED) is 0.307. The van der Waals surface area contributed by atoms with Crippen molar-refractivity contribution in [3.05, 3.63) is 88.9 Å². The summed E-state index contributed by atoms with van der Waals surface area (Å²) in [5, 5.41) is 8.30. The number of nitrogens with zero attached hydrogens (tertiary/aromatic N) is 1. The van der Waals surface area contributed by atoms with Crippen molar-refractivity contribution in [1.82, 2.24) is 5.43 Å². The summed E-state index contributed by atoms with van der Waals surface area (Å²) in [7, 11) is 1.63. The second-order valence-corrected chi connectivity index (χ2v) is 6.88. The lowest BCUT2D eigenvalue weighted by Crippen LogP contribution is -2.23. The summed E-state index contributed by atoms with van der Waals surface area (Å²) >= 11 is 11.1. The van der Waals surface area contributed by atoms with Crippen LogP contribution in [0.2, 0.25) is 5.02 Å². The molecule has 0 saturated heterocycles. The number of hydrazone groups is 1. The zero-order valence-electron chi connectivity index (χ0n) is 15.8. The molecule has 0 heterocycles. The van der Waals surface area contributed by atoms with Gasteiger partial charge in [-0.25, -0.2) is 0 Å². The zero-order valence-corrected chi connectivity index (χ0v) is 17.3.